The zero-order valence-corrected chi connectivity index (χ0v) is 14.1. The van der Waals surface area contributed by atoms with Crippen LogP contribution in [-0.2, 0) is 5.11 Å². The van der Waals surface area contributed by atoms with Crippen molar-refractivity contribution in [3.05, 3.63) is 59.8 Å². The molecule has 0 spiro atoms. The second-order valence-electron chi connectivity index (χ2n) is 4.73. The average molecular weight is 344 g/mol. The molecule has 0 amide bonds. The highest BCUT2D eigenvalue weighted by Crippen LogP contribution is 2.22. The Labute approximate surface area is 144 Å². The van der Waals surface area contributed by atoms with Gasteiger partial charge in [0.15, 0.2) is 10.8 Å². The summed E-state index contributed by atoms with van der Waals surface area (Å²) in [5.74, 6) is -1.27. The maximum atomic E-state index is 11.1. The minimum absolute atomic E-state index is 0.0523. The van der Waals surface area contributed by atoms with Crippen LogP contribution in [0.4, 0.5) is 0 Å². The van der Waals surface area contributed by atoms with Crippen molar-refractivity contribution in [1.82, 2.24) is 19.5 Å². The van der Waals surface area contributed by atoms with Gasteiger partial charge in [0.05, 0.1) is 11.3 Å². The number of benzene rings is 1. The van der Waals surface area contributed by atoms with Gasteiger partial charge in [-0.2, -0.15) is 0 Å². The number of rotatable bonds is 3. The number of aromatic nitrogens is 4. The monoisotopic (exact) mass is 343 g/mol. The van der Waals surface area contributed by atoms with E-state index in [0.717, 1.165) is 6.42 Å². The minimum Gasteiger partial charge on any atom is -0.282 e. The van der Waals surface area contributed by atoms with Crippen LogP contribution in [0.2, 0.25) is 5.15 Å². The van der Waals surface area contributed by atoms with E-state index < -0.39 is 5.97 Å². The number of hydrogen-bond acceptors (Lipinski definition) is 4. The van der Waals surface area contributed by atoms with Crippen molar-refractivity contribution in [1.29, 1.82) is 0 Å². The van der Waals surface area contributed by atoms with E-state index in [-0.39, 0.29) is 10.7 Å². The molecule has 1 radical (unpaired) electrons. The molecule has 0 saturated heterocycles. The molecule has 24 heavy (non-hydrogen) atoms. The van der Waals surface area contributed by atoms with Crippen LogP contribution in [0, 0.1) is 0 Å². The maximum absolute atomic E-state index is 11.1. The van der Waals surface area contributed by atoms with E-state index in [2.05, 4.69) is 34.0 Å². The molecule has 0 unspecified atom stereocenters. The van der Waals surface area contributed by atoms with Crippen LogP contribution in [0.3, 0.4) is 0 Å². The maximum Gasteiger partial charge on any atom is 0.388 e. The highest BCUT2D eigenvalue weighted by Gasteiger charge is 2.16. The fourth-order valence-corrected chi connectivity index (χ4v) is 2.25. The molecule has 0 N–H and O–H groups in total. The summed E-state index contributed by atoms with van der Waals surface area (Å²) < 4.78 is 1.54. The normalized spacial score (nSPS) is 10.6. The van der Waals surface area contributed by atoms with E-state index in [9.17, 15) is 9.90 Å². The van der Waals surface area contributed by atoms with Crippen molar-refractivity contribution in [2.75, 3.05) is 0 Å². The summed E-state index contributed by atoms with van der Waals surface area (Å²) >= 11 is 5.90. The second-order valence-corrected chi connectivity index (χ2v) is 5.09. The third kappa shape index (κ3) is 3.78. The minimum atomic E-state index is -1.27. The summed E-state index contributed by atoms with van der Waals surface area (Å²) in [5.41, 5.74) is 1.32. The van der Waals surface area contributed by atoms with E-state index in [4.69, 9.17) is 11.6 Å². The number of fused-ring (bicyclic) bond motifs is 1. The molecular weight excluding hydrogens is 328 g/mol. The molecule has 0 fully saturated rings. The molecule has 2 aromatic heterocycles. The fraction of sp³-hybridized carbons (Fsp3) is 0.176. The Kier molecular flexibility index (Phi) is 6.03. The Morgan fingerprint density at radius 1 is 1.25 bits per heavy atom. The van der Waals surface area contributed by atoms with Crippen molar-refractivity contribution >= 4 is 28.7 Å². The second kappa shape index (κ2) is 8.21. The summed E-state index contributed by atoms with van der Waals surface area (Å²) in [4.78, 5) is 23.1. The molecule has 3 rings (SSSR count). The predicted octanol–water partition coefficient (Wildman–Crippen LogP) is 4.01. The Bertz CT molecular complexity index is 874. The molecule has 6 nitrogen and oxygen atoms in total. The summed E-state index contributed by atoms with van der Waals surface area (Å²) in [5, 5.41) is 11.3. The molecule has 123 valence electrons. The van der Waals surface area contributed by atoms with Crippen molar-refractivity contribution in [3.8, 4) is 5.69 Å². The molecule has 0 aliphatic heterocycles. The lowest BCUT2D eigenvalue weighted by molar-refractivity contribution is 0.0573. The van der Waals surface area contributed by atoms with Crippen LogP contribution >= 0.6 is 11.6 Å². The quantitative estimate of drug-likeness (QED) is 0.531. The number of carbonyl (C=O) groups excluding carboxylic acids is 1. The van der Waals surface area contributed by atoms with Gasteiger partial charge in [0.2, 0.25) is 0 Å². The lowest BCUT2D eigenvalue weighted by Gasteiger charge is -2.06. The smallest absolute Gasteiger partial charge is 0.282 e. The molecule has 0 bridgehead atoms. The van der Waals surface area contributed by atoms with Crippen molar-refractivity contribution in [2.45, 2.75) is 20.3 Å². The largest absolute Gasteiger partial charge is 0.388 e. The zero-order chi connectivity index (χ0) is 17.5. The number of imidazole rings is 1. The highest BCUT2D eigenvalue weighted by atomic mass is 35.5. The third-order valence-corrected chi connectivity index (χ3v) is 3.42. The predicted molar refractivity (Wildman–Crippen MR) is 91.8 cm³/mol. The zero-order valence-electron chi connectivity index (χ0n) is 13.3. The topological polar surface area (TPSA) is 80.6 Å². The van der Waals surface area contributed by atoms with Crippen LogP contribution in [0.15, 0.2) is 49.1 Å². The standard InChI is InChI=1S/C12H6ClN4O2.C5H10/c13-10-9-11(15-5-14-10)17(6-16-9)8-4-2-1-3-7(8)12(18)19;1-3-5-4-2/h1-6H;3,5H,4H2,1-2H3. The number of carbonyl (C=O) groups is 1. The number of allylic oxidation sites excluding steroid dienone is 2. The molecule has 2 heterocycles. The molecule has 0 aliphatic rings. The molecular formula is C17H16ClN4O2. The number of para-hydroxylation sites is 1. The Balaban J connectivity index is 0.000000368. The van der Waals surface area contributed by atoms with Gasteiger partial charge < -0.3 is 0 Å². The van der Waals surface area contributed by atoms with E-state index in [1.807, 2.05) is 6.92 Å². The van der Waals surface area contributed by atoms with E-state index in [1.165, 1.54) is 23.3 Å². The van der Waals surface area contributed by atoms with Crippen LogP contribution < -0.4 is 0 Å². The number of halogens is 1. The van der Waals surface area contributed by atoms with Gasteiger partial charge >= 0.3 is 5.97 Å². The first-order valence-corrected chi connectivity index (χ1v) is 7.73. The fourth-order valence-electron chi connectivity index (χ4n) is 2.07. The van der Waals surface area contributed by atoms with Crippen molar-refractivity contribution < 1.29 is 9.90 Å². The average Bonchev–Trinajstić information content (AvgIpc) is 3.01. The van der Waals surface area contributed by atoms with Crippen LogP contribution in [-0.4, -0.2) is 25.5 Å². The first kappa shape index (κ1) is 17.6. The van der Waals surface area contributed by atoms with Gasteiger partial charge in [-0.15, -0.1) is 0 Å². The molecule has 1 aromatic carbocycles. The van der Waals surface area contributed by atoms with Gasteiger partial charge in [-0.1, -0.05) is 42.8 Å². The third-order valence-electron chi connectivity index (χ3n) is 3.14. The van der Waals surface area contributed by atoms with Gasteiger partial charge in [-0.05, 0) is 25.5 Å². The Morgan fingerprint density at radius 3 is 2.62 bits per heavy atom. The summed E-state index contributed by atoms with van der Waals surface area (Å²) in [6, 6.07) is 6.44. The Hall–Kier alpha value is -2.73. The lowest BCUT2D eigenvalue weighted by Crippen LogP contribution is -2.04. The van der Waals surface area contributed by atoms with E-state index in [0.29, 0.717) is 16.9 Å². The lowest BCUT2D eigenvalue weighted by atomic mass is 10.2. The van der Waals surface area contributed by atoms with Gasteiger partial charge in [0.1, 0.15) is 18.2 Å². The summed E-state index contributed by atoms with van der Waals surface area (Å²) in [6.45, 7) is 4.16. The van der Waals surface area contributed by atoms with Gasteiger partial charge in [-0.3, -0.25) is 4.57 Å². The molecule has 0 aliphatic carbocycles. The molecule has 0 saturated carbocycles. The van der Waals surface area contributed by atoms with Crippen LogP contribution in [0.5, 0.6) is 0 Å². The number of hydrogen-bond donors (Lipinski definition) is 0. The SMILES string of the molecule is CC=CCC.[O]C(=O)c1ccccc1-n1cnc2c(Cl)ncnc21. The van der Waals surface area contributed by atoms with Gasteiger partial charge in [0, 0.05) is 0 Å². The first-order chi connectivity index (χ1) is 11.6. The van der Waals surface area contributed by atoms with E-state index in [1.54, 1.807) is 18.2 Å². The van der Waals surface area contributed by atoms with Crippen LogP contribution in [0.25, 0.3) is 16.9 Å². The first-order valence-electron chi connectivity index (χ1n) is 7.35. The molecule has 0 atom stereocenters. The summed E-state index contributed by atoms with van der Waals surface area (Å²) in [6.07, 6.45) is 8.09. The van der Waals surface area contributed by atoms with Crippen molar-refractivity contribution in [3.63, 3.8) is 0 Å². The summed E-state index contributed by atoms with van der Waals surface area (Å²) in [7, 11) is 0. The van der Waals surface area contributed by atoms with Gasteiger partial charge in [0.25, 0.3) is 0 Å². The van der Waals surface area contributed by atoms with Crippen molar-refractivity contribution in [2.24, 2.45) is 0 Å². The molecule has 7 heteroatoms. The Morgan fingerprint density at radius 2 is 2.00 bits per heavy atom. The van der Waals surface area contributed by atoms with Crippen LogP contribution in [0.1, 0.15) is 30.6 Å². The van der Waals surface area contributed by atoms with Gasteiger partial charge in [-0.25, -0.2) is 24.9 Å². The highest BCUT2D eigenvalue weighted by molar-refractivity contribution is 6.33. The molecule has 3 aromatic rings. The van der Waals surface area contributed by atoms with E-state index >= 15 is 0 Å². The number of nitrogens with zero attached hydrogens (tertiary/aromatic N) is 4.